The summed E-state index contributed by atoms with van der Waals surface area (Å²) in [5.74, 6) is -0.0518. The van der Waals surface area contributed by atoms with Crippen LogP contribution in [0.1, 0.15) is 65.2 Å². The van der Waals surface area contributed by atoms with E-state index in [-0.39, 0.29) is 29.2 Å². The summed E-state index contributed by atoms with van der Waals surface area (Å²) in [5, 5.41) is 0. The second-order valence-corrected chi connectivity index (χ2v) is 6.08. The molecule has 0 N–H and O–H groups in total. The SMILES string of the molecule is CCCCCCCCCC(=O)OC(C)[N+](C)(C)C.[Br-]. The summed E-state index contributed by atoms with van der Waals surface area (Å²) in [6, 6.07) is 0. The normalized spacial score (nSPS) is 12.7. The molecule has 0 aromatic carbocycles. The fraction of sp³-hybridized carbons (Fsp3) is 0.933. The maximum absolute atomic E-state index is 11.6. The lowest BCUT2D eigenvalue weighted by atomic mass is 10.1. The zero-order chi connectivity index (χ0) is 14.0. The van der Waals surface area contributed by atoms with Gasteiger partial charge in [-0.15, -0.1) is 0 Å². The van der Waals surface area contributed by atoms with E-state index in [0.29, 0.717) is 10.9 Å². The Kier molecular flexibility index (Phi) is 13.1. The van der Waals surface area contributed by atoms with Crippen molar-refractivity contribution < 1.29 is 31.0 Å². The van der Waals surface area contributed by atoms with Crippen molar-refractivity contribution in [3.8, 4) is 0 Å². The number of unbranched alkanes of at least 4 members (excludes halogenated alkanes) is 6. The zero-order valence-electron chi connectivity index (χ0n) is 13.4. The summed E-state index contributed by atoms with van der Waals surface area (Å²) >= 11 is 0. The van der Waals surface area contributed by atoms with Crippen LogP contribution >= 0.6 is 0 Å². The lowest BCUT2D eigenvalue weighted by molar-refractivity contribution is -0.914. The van der Waals surface area contributed by atoms with Crippen LogP contribution in [-0.4, -0.2) is 37.8 Å². The van der Waals surface area contributed by atoms with Gasteiger partial charge in [-0.2, -0.15) is 0 Å². The van der Waals surface area contributed by atoms with E-state index >= 15 is 0 Å². The first-order valence-electron chi connectivity index (χ1n) is 7.38. The summed E-state index contributed by atoms with van der Waals surface area (Å²) in [6.45, 7) is 4.17. The maximum Gasteiger partial charge on any atom is 0.310 e. The Morgan fingerprint density at radius 1 is 1.00 bits per heavy atom. The van der Waals surface area contributed by atoms with E-state index in [1.807, 2.05) is 28.1 Å². The zero-order valence-corrected chi connectivity index (χ0v) is 15.0. The Morgan fingerprint density at radius 2 is 1.47 bits per heavy atom. The Hall–Kier alpha value is -0.0900. The van der Waals surface area contributed by atoms with Crippen LogP contribution < -0.4 is 17.0 Å². The lowest BCUT2D eigenvalue weighted by Crippen LogP contribution is -3.00. The number of rotatable bonds is 10. The van der Waals surface area contributed by atoms with Crippen LogP contribution in [0.4, 0.5) is 0 Å². The Morgan fingerprint density at radius 3 is 1.95 bits per heavy atom. The quantitative estimate of drug-likeness (QED) is 0.254. The minimum Gasteiger partial charge on any atom is -1.00 e. The molecule has 0 aromatic rings. The second-order valence-electron chi connectivity index (χ2n) is 6.08. The molecule has 0 saturated heterocycles. The Balaban J connectivity index is 0. The molecular formula is C15H32BrNO2. The van der Waals surface area contributed by atoms with Gasteiger partial charge in [-0.3, -0.25) is 9.28 Å². The van der Waals surface area contributed by atoms with Gasteiger partial charge in [0.1, 0.15) is 0 Å². The van der Waals surface area contributed by atoms with Crippen LogP contribution in [0.2, 0.25) is 0 Å². The summed E-state index contributed by atoms with van der Waals surface area (Å²) in [5.41, 5.74) is 0. The van der Waals surface area contributed by atoms with E-state index in [2.05, 4.69) is 6.92 Å². The van der Waals surface area contributed by atoms with Gasteiger partial charge in [0.25, 0.3) is 0 Å². The van der Waals surface area contributed by atoms with E-state index < -0.39 is 0 Å². The monoisotopic (exact) mass is 337 g/mol. The number of carbonyl (C=O) groups excluding carboxylic acids is 1. The van der Waals surface area contributed by atoms with Gasteiger partial charge in [0.2, 0.25) is 6.23 Å². The number of halogens is 1. The molecule has 0 spiro atoms. The first-order valence-corrected chi connectivity index (χ1v) is 7.38. The van der Waals surface area contributed by atoms with Crippen LogP contribution in [0.25, 0.3) is 0 Å². The fourth-order valence-corrected chi connectivity index (χ4v) is 1.63. The topological polar surface area (TPSA) is 26.3 Å². The van der Waals surface area contributed by atoms with Crippen molar-refractivity contribution in [2.75, 3.05) is 21.1 Å². The average Bonchev–Trinajstić information content (AvgIpc) is 2.26. The molecule has 1 unspecified atom stereocenters. The van der Waals surface area contributed by atoms with Crippen LogP contribution in [0.15, 0.2) is 0 Å². The predicted molar refractivity (Wildman–Crippen MR) is 76.2 cm³/mol. The number of hydrogen-bond donors (Lipinski definition) is 0. The third kappa shape index (κ3) is 12.7. The third-order valence-corrected chi connectivity index (χ3v) is 3.38. The standard InChI is InChI=1S/C15H32NO2.BrH/c1-6-7-8-9-10-11-12-13-15(17)18-14(2)16(3,4)5;/h14H,6-13H2,1-5H3;1H/q+1;/p-1. The smallest absolute Gasteiger partial charge is 0.310 e. The van der Waals surface area contributed by atoms with Gasteiger partial charge in [-0.1, -0.05) is 45.4 Å². The van der Waals surface area contributed by atoms with Crippen molar-refractivity contribution in [3.05, 3.63) is 0 Å². The first kappa shape index (κ1) is 21.2. The Labute approximate surface area is 130 Å². The van der Waals surface area contributed by atoms with Crippen molar-refractivity contribution in [1.29, 1.82) is 0 Å². The average molecular weight is 338 g/mol. The minimum absolute atomic E-state index is 0. The highest BCUT2D eigenvalue weighted by atomic mass is 79.9. The van der Waals surface area contributed by atoms with E-state index in [0.717, 1.165) is 12.8 Å². The highest BCUT2D eigenvalue weighted by molar-refractivity contribution is 5.69. The molecule has 0 heterocycles. The van der Waals surface area contributed by atoms with Crippen molar-refractivity contribution >= 4 is 5.97 Å². The summed E-state index contributed by atoms with van der Waals surface area (Å²) < 4.78 is 6.05. The largest absolute Gasteiger partial charge is 1.00 e. The van der Waals surface area contributed by atoms with E-state index in [9.17, 15) is 4.79 Å². The van der Waals surface area contributed by atoms with E-state index in [1.54, 1.807) is 0 Å². The van der Waals surface area contributed by atoms with Crippen molar-refractivity contribution in [2.45, 2.75) is 71.4 Å². The maximum atomic E-state index is 11.6. The molecule has 0 amide bonds. The molecule has 1 atom stereocenters. The van der Waals surface area contributed by atoms with Gasteiger partial charge in [-0.25, -0.2) is 0 Å². The number of quaternary nitrogens is 1. The number of esters is 1. The van der Waals surface area contributed by atoms with Crippen molar-refractivity contribution in [3.63, 3.8) is 0 Å². The molecule has 0 radical (unpaired) electrons. The van der Waals surface area contributed by atoms with Crippen LogP contribution in [0.5, 0.6) is 0 Å². The summed E-state index contributed by atoms with van der Waals surface area (Å²) in [7, 11) is 6.10. The van der Waals surface area contributed by atoms with Crippen LogP contribution in [0, 0.1) is 0 Å². The van der Waals surface area contributed by atoms with Gasteiger partial charge in [0, 0.05) is 13.3 Å². The van der Waals surface area contributed by atoms with E-state index in [4.69, 9.17) is 4.74 Å². The molecule has 0 aromatic heterocycles. The molecule has 0 aliphatic rings. The molecule has 3 nitrogen and oxygen atoms in total. The summed E-state index contributed by atoms with van der Waals surface area (Å²) in [4.78, 5) is 11.6. The van der Waals surface area contributed by atoms with Crippen molar-refractivity contribution in [1.82, 2.24) is 0 Å². The molecule has 0 aliphatic carbocycles. The molecule has 116 valence electrons. The van der Waals surface area contributed by atoms with Crippen LogP contribution in [0.3, 0.4) is 0 Å². The highest BCUT2D eigenvalue weighted by Gasteiger charge is 2.21. The predicted octanol–water partition coefficient (Wildman–Crippen LogP) is 0.727. The molecule has 0 aliphatic heterocycles. The van der Waals surface area contributed by atoms with Crippen LogP contribution in [-0.2, 0) is 9.53 Å². The molecular weight excluding hydrogens is 306 g/mol. The Bertz CT molecular complexity index is 227. The minimum atomic E-state index is -0.0675. The number of carbonyl (C=O) groups is 1. The van der Waals surface area contributed by atoms with Crippen molar-refractivity contribution in [2.24, 2.45) is 0 Å². The lowest BCUT2D eigenvalue weighted by Gasteiger charge is -2.30. The number of ether oxygens (including phenoxy) is 1. The number of nitrogens with zero attached hydrogens (tertiary/aromatic N) is 1. The van der Waals surface area contributed by atoms with Gasteiger partial charge < -0.3 is 21.7 Å². The van der Waals surface area contributed by atoms with E-state index in [1.165, 1.54) is 32.1 Å². The summed E-state index contributed by atoms with van der Waals surface area (Å²) in [6.07, 6.45) is 9.13. The second kappa shape index (κ2) is 11.7. The fourth-order valence-electron chi connectivity index (χ4n) is 1.63. The van der Waals surface area contributed by atoms with Gasteiger partial charge >= 0.3 is 5.97 Å². The highest BCUT2D eigenvalue weighted by Crippen LogP contribution is 2.10. The van der Waals surface area contributed by atoms with Gasteiger partial charge in [-0.05, 0) is 6.42 Å². The molecule has 0 saturated carbocycles. The van der Waals surface area contributed by atoms with Gasteiger partial charge in [0.15, 0.2) is 0 Å². The molecule has 4 heteroatoms. The molecule has 19 heavy (non-hydrogen) atoms. The third-order valence-electron chi connectivity index (χ3n) is 3.38. The number of hydrogen-bond acceptors (Lipinski definition) is 2. The molecule has 0 bridgehead atoms. The van der Waals surface area contributed by atoms with Gasteiger partial charge in [0.05, 0.1) is 21.1 Å². The molecule has 0 rings (SSSR count). The molecule has 0 fully saturated rings. The first-order chi connectivity index (χ1) is 8.38.